The van der Waals surface area contributed by atoms with Gasteiger partial charge in [-0.1, -0.05) is 24.3 Å². The van der Waals surface area contributed by atoms with Crippen LogP contribution in [0.25, 0.3) is 0 Å². The number of benzene rings is 2. The molecule has 156 valence electrons. The monoisotopic (exact) mass is 415 g/mol. The molecule has 1 aliphatic heterocycles. The van der Waals surface area contributed by atoms with E-state index in [1.54, 1.807) is 0 Å². The maximum absolute atomic E-state index is 13.7. The average Bonchev–Trinajstić information content (AvgIpc) is 2.71. The van der Waals surface area contributed by atoms with E-state index in [0.29, 0.717) is 13.1 Å². The Morgan fingerprint density at radius 3 is 1.97 bits per heavy atom. The number of aryl methyl sites for hydroxylation is 1. The standard InChI is InChI=1S/C20H20F5N3O/c1-12-4-2-3-5-13(12)10-27-6-8-28(9-7-27)11-14(29)26-20-18(24)16(22)15(21)17(23)19(20)25/h2-5H,6-11H2,1H3,(H,26,29)/p+2. The number of anilines is 1. The molecule has 0 saturated carbocycles. The second-order valence-electron chi connectivity index (χ2n) is 7.27. The summed E-state index contributed by atoms with van der Waals surface area (Å²) in [6.45, 7) is 5.74. The van der Waals surface area contributed by atoms with E-state index in [-0.39, 0.29) is 6.54 Å². The van der Waals surface area contributed by atoms with Crippen LogP contribution in [0.4, 0.5) is 27.6 Å². The van der Waals surface area contributed by atoms with Gasteiger partial charge in [0.05, 0.1) is 0 Å². The van der Waals surface area contributed by atoms with Crippen LogP contribution in [-0.2, 0) is 11.3 Å². The van der Waals surface area contributed by atoms with Crippen LogP contribution in [0.2, 0.25) is 0 Å². The summed E-state index contributed by atoms with van der Waals surface area (Å²) in [5.41, 5.74) is 1.17. The molecule has 9 heteroatoms. The fourth-order valence-electron chi connectivity index (χ4n) is 3.51. The number of halogens is 5. The summed E-state index contributed by atoms with van der Waals surface area (Å²) in [5.74, 6) is -11.3. The van der Waals surface area contributed by atoms with Gasteiger partial charge < -0.3 is 15.1 Å². The third kappa shape index (κ3) is 4.73. The third-order valence-electron chi connectivity index (χ3n) is 5.25. The Bertz CT molecular complexity index is 884. The molecule has 0 radical (unpaired) electrons. The van der Waals surface area contributed by atoms with Crippen LogP contribution in [0.3, 0.4) is 0 Å². The molecule has 4 nitrogen and oxygen atoms in total. The summed E-state index contributed by atoms with van der Waals surface area (Å²) in [4.78, 5) is 14.4. The predicted molar refractivity (Wildman–Crippen MR) is 96.0 cm³/mol. The smallest absolute Gasteiger partial charge is 0.279 e. The summed E-state index contributed by atoms with van der Waals surface area (Å²) in [5, 5.41) is 1.83. The van der Waals surface area contributed by atoms with E-state index in [4.69, 9.17) is 0 Å². The SMILES string of the molecule is Cc1ccccc1C[NH+]1CC[NH+](CC(=O)Nc2c(F)c(F)c(F)c(F)c2F)CC1. The summed E-state index contributed by atoms with van der Waals surface area (Å²) >= 11 is 0. The van der Waals surface area contributed by atoms with Crippen molar-refractivity contribution in [1.82, 2.24) is 0 Å². The molecule has 2 aromatic carbocycles. The highest BCUT2D eigenvalue weighted by Crippen LogP contribution is 2.26. The van der Waals surface area contributed by atoms with Gasteiger partial charge in [-0.05, 0) is 12.5 Å². The van der Waals surface area contributed by atoms with Gasteiger partial charge in [-0.3, -0.25) is 4.79 Å². The molecule has 1 amide bonds. The van der Waals surface area contributed by atoms with Gasteiger partial charge in [0, 0.05) is 5.56 Å². The van der Waals surface area contributed by atoms with Crippen molar-refractivity contribution in [2.75, 3.05) is 38.0 Å². The Morgan fingerprint density at radius 1 is 0.862 bits per heavy atom. The van der Waals surface area contributed by atoms with Crippen LogP contribution >= 0.6 is 0 Å². The number of carbonyl (C=O) groups is 1. The van der Waals surface area contributed by atoms with Crippen molar-refractivity contribution in [1.29, 1.82) is 0 Å². The topological polar surface area (TPSA) is 38.0 Å². The lowest BCUT2D eigenvalue weighted by molar-refractivity contribution is -1.02. The maximum atomic E-state index is 13.7. The first-order chi connectivity index (χ1) is 13.8. The van der Waals surface area contributed by atoms with E-state index >= 15 is 0 Å². The Labute approximate surface area is 164 Å². The fraction of sp³-hybridized carbons (Fsp3) is 0.350. The zero-order valence-electron chi connectivity index (χ0n) is 15.9. The Balaban J connectivity index is 1.55. The number of nitrogens with one attached hydrogen (secondary N) is 3. The quantitative estimate of drug-likeness (QED) is 0.374. The first-order valence-corrected chi connectivity index (χ1v) is 9.30. The van der Waals surface area contributed by atoms with Crippen LogP contribution in [0.15, 0.2) is 24.3 Å². The Kier molecular flexibility index (Phi) is 6.49. The lowest BCUT2D eigenvalue weighted by Crippen LogP contribution is -3.28. The minimum atomic E-state index is -2.25. The summed E-state index contributed by atoms with van der Waals surface area (Å²) in [6.07, 6.45) is 0. The van der Waals surface area contributed by atoms with Crippen molar-refractivity contribution in [2.24, 2.45) is 0 Å². The molecule has 1 heterocycles. The van der Waals surface area contributed by atoms with E-state index in [0.717, 1.165) is 24.5 Å². The van der Waals surface area contributed by atoms with Gasteiger partial charge in [0.25, 0.3) is 5.91 Å². The molecule has 0 spiro atoms. The molecular weight excluding hydrogens is 393 g/mol. The summed E-state index contributed by atoms with van der Waals surface area (Å²) in [7, 11) is 0. The van der Waals surface area contributed by atoms with Crippen LogP contribution < -0.4 is 15.1 Å². The molecular formula is C20H22F5N3O+2. The average molecular weight is 415 g/mol. The summed E-state index contributed by atoms with van der Waals surface area (Å²) < 4.78 is 66.9. The van der Waals surface area contributed by atoms with Crippen molar-refractivity contribution < 1.29 is 36.5 Å². The molecule has 1 saturated heterocycles. The molecule has 0 unspecified atom stereocenters. The van der Waals surface area contributed by atoms with Gasteiger partial charge in [-0.2, -0.15) is 0 Å². The number of piperazine rings is 1. The van der Waals surface area contributed by atoms with Crippen LogP contribution in [0.5, 0.6) is 0 Å². The maximum Gasteiger partial charge on any atom is 0.279 e. The highest BCUT2D eigenvalue weighted by Gasteiger charge is 2.29. The lowest BCUT2D eigenvalue weighted by Gasteiger charge is -2.29. The zero-order valence-corrected chi connectivity index (χ0v) is 15.9. The second kappa shape index (κ2) is 8.87. The van der Waals surface area contributed by atoms with Gasteiger partial charge >= 0.3 is 0 Å². The number of rotatable bonds is 5. The van der Waals surface area contributed by atoms with Crippen molar-refractivity contribution in [3.05, 3.63) is 64.5 Å². The van der Waals surface area contributed by atoms with Crippen molar-refractivity contribution >= 4 is 11.6 Å². The molecule has 2 aromatic rings. The van der Waals surface area contributed by atoms with Crippen LogP contribution in [-0.4, -0.2) is 38.6 Å². The molecule has 0 bridgehead atoms. The van der Waals surface area contributed by atoms with Crippen molar-refractivity contribution in [3.63, 3.8) is 0 Å². The molecule has 1 fully saturated rings. The van der Waals surface area contributed by atoms with Gasteiger partial charge in [-0.25, -0.2) is 22.0 Å². The number of hydrogen-bond acceptors (Lipinski definition) is 1. The van der Waals surface area contributed by atoms with E-state index < -0.39 is 40.7 Å². The fourth-order valence-corrected chi connectivity index (χ4v) is 3.51. The molecule has 0 aliphatic carbocycles. The zero-order chi connectivity index (χ0) is 21.1. The van der Waals surface area contributed by atoms with Gasteiger partial charge in [0.1, 0.15) is 38.4 Å². The molecule has 3 rings (SSSR count). The Hall–Kier alpha value is -2.52. The van der Waals surface area contributed by atoms with E-state index in [9.17, 15) is 26.7 Å². The predicted octanol–water partition coefficient (Wildman–Crippen LogP) is 0.613. The number of carbonyl (C=O) groups excluding carboxylic acids is 1. The van der Waals surface area contributed by atoms with E-state index in [1.165, 1.54) is 16.0 Å². The number of amides is 1. The van der Waals surface area contributed by atoms with Crippen molar-refractivity contribution in [3.8, 4) is 0 Å². The summed E-state index contributed by atoms with van der Waals surface area (Å²) in [6, 6.07) is 8.12. The minimum absolute atomic E-state index is 0.114. The van der Waals surface area contributed by atoms with Gasteiger partial charge in [0.2, 0.25) is 5.82 Å². The minimum Gasteiger partial charge on any atom is -0.322 e. The normalized spacial score (nSPS) is 19.2. The highest BCUT2D eigenvalue weighted by atomic mass is 19.2. The van der Waals surface area contributed by atoms with Crippen molar-refractivity contribution in [2.45, 2.75) is 13.5 Å². The first-order valence-electron chi connectivity index (χ1n) is 9.30. The molecule has 0 atom stereocenters. The second-order valence-corrected chi connectivity index (χ2v) is 7.27. The van der Waals surface area contributed by atoms with Gasteiger partial charge in [0.15, 0.2) is 29.8 Å². The lowest BCUT2D eigenvalue weighted by atomic mass is 10.1. The Morgan fingerprint density at radius 2 is 1.38 bits per heavy atom. The first kappa shape index (κ1) is 21.2. The van der Waals surface area contributed by atoms with E-state index in [1.807, 2.05) is 17.4 Å². The van der Waals surface area contributed by atoms with E-state index in [2.05, 4.69) is 19.1 Å². The molecule has 0 aromatic heterocycles. The largest absolute Gasteiger partial charge is 0.322 e. The van der Waals surface area contributed by atoms with Gasteiger partial charge in [-0.15, -0.1) is 0 Å². The number of quaternary nitrogens is 2. The molecule has 3 N–H and O–H groups in total. The molecule has 29 heavy (non-hydrogen) atoms. The highest BCUT2D eigenvalue weighted by molar-refractivity contribution is 5.91. The molecule has 1 aliphatic rings. The van der Waals surface area contributed by atoms with Crippen LogP contribution in [0.1, 0.15) is 11.1 Å². The third-order valence-corrected chi connectivity index (χ3v) is 5.25. The number of hydrogen-bond donors (Lipinski definition) is 3. The van der Waals surface area contributed by atoms with Crippen LogP contribution in [0, 0.1) is 36.0 Å².